The second-order valence-electron chi connectivity index (χ2n) is 3.52. The van der Waals surface area contributed by atoms with Gasteiger partial charge in [-0.15, -0.1) is 10.2 Å². The first-order valence-electron chi connectivity index (χ1n) is 4.61. The van der Waals surface area contributed by atoms with Gasteiger partial charge in [0.1, 0.15) is 11.6 Å². The smallest absolute Gasteiger partial charge is 0.238 e. The van der Waals surface area contributed by atoms with E-state index in [0.29, 0.717) is 6.54 Å². The number of rotatable bonds is 1. The van der Waals surface area contributed by atoms with Crippen molar-refractivity contribution in [3.63, 3.8) is 0 Å². The molecule has 0 unspecified atom stereocenters. The molecule has 0 aromatic carbocycles. The molecule has 0 saturated heterocycles. The summed E-state index contributed by atoms with van der Waals surface area (Å²) in [4.78, 5) is 11.3. The van der Waals surface area contributed by atoms with Gasteiger partial charge in [0.25, 0.3) is 0 Å². The van der Waals surface area contributed by atoms with Crippen LogP contribution in [-0.4, -0.2) is 20.7 Å². The standard InChI is InChI=1S/C8H13N5O/c1-5-11-12-7-3-2-6(4-13(5)7)8(14)10-9/h6H,2-4,9H2,1H3,(H,10,14)/t6-/m1/s1. The molecule has 0 spiro atoms. The van der Waals surface area contributed by atoms with E-state index in [2.05, 4.69) is 15.6 Å². The maximum atomic E-state index is 11.3. The van der Waals surface area contributed by atoms with Gasteiger partial charge in [-0.3, -0.25) is 10.2 Å². The molecule has 2 rings (SSSR count). The van der Waals surface area contributed by atoms with Gasteiger partial charge < -0.3 is 4.57 Å². The Hall–Kier alpha value is -1.43. The van der Waals surface area contributed by atoms with Crippen molar-refractivity contribution in [1.29, 1.82) is 0 Å². The first-order chi connectivity index (χ1) is 6.72. The van der Waals surface area contributed by atoms with Gasteiger partial charge in [0, 0.05) is 13.0 Å². The normalized spacial score (nSPS) is 20.3. The molecule has 1 aliphatic rings. The van der Waals surface area contributed by atoms with Gasteiger partial charge in [-0.25, -0.2) is 5.84 Å². The molecule has 76 valence electrons. The molecule has 6 nitrogen and oxygen atoms in total. The Balaban J connectivity index is 2.20. The summed E-state index contributed by atoms with van der Waals surface area (Å²) in [6.45, 7) is 2.52. The third-order valence-electron chi connectivity index (χ3n) is 2.64. The number of nitrogens with two attached hydrogens (primary N) is 1. The molecule has 1 aliphatic heterocycles. The number of nitrogens with zero attached hydrogens (tertiary/aromatic N) is 3. The van der Waals surface area contributed by atoms with Crippen molar-refractivity contribution in [3.05, 3.63) is 11.6 Å². The van der Waals surface area contributed by atoms with Crippen LogP contribution in [0.25, 0.3) is 0 Å². The zero-order chi connectivity index (χ0) is 10.1. The topological polar surface area (TPSA) is 85.8 Å². The molecule has 1 amide bonds. The van der Waals surface area contributed by atoms with Crippen LogP contribution in [0.4, 0.5) is 0 Å². The third-order valence-corrected chi connectivity index (χ3v) is 2.64. The molecule has 1 atom stereocenters. The fourth-order valence-corrected chi connectivity index (χ4v) is 1.79. The van der Waals surface area contributed by atoms with E-state index in [1.165, 1.54) is 0 Å². The molecule has 1 aromatic rings. The van der Waals surface area contributed by atoms with Gasteiger partial charge in [0.05, 0.1) is 5.92 Å². The number of nitrogens with one attached hydrogen (secondary N) is 1. The van der Waals surface area contributed by atoms with Gasteiger partial charge in [-0.05, 0) is 13.3 Å². The fourth-order valence-electron chi connectivity index (χ4n) is 1.79. The molecular weight excluding hydrogens is 182 g/mol. The molecule has 1 aromatic heterocycles. The van der Waals surface area contributed by atoms with Crippen molar-refractivity contribution in [3.8, 4) is 0 Å². The molecule has 6 heteroatoms. The van der Waals surface area contributed by atoms with E-state index in [1.807, 2.05) is 11.5 Å². The van der Waals surface area contributed by atoms with Crippen LogP contribution in [0.2, 0.25) is 0 Å². The molecule has 0 radical (unpaired) electrons. The quantitative estimate of drug-likeness (QED) is 0.347. The number of hydrazine groups is 1. The largest absolute Gasteiger partial charge is 0.314 e. The lowest BCUT2D eigenvalue weighted by Crippen LogP contribution is -2.39. The van der Waals surface area contributed by atoms with Gasteiger partial charge in [0.2, 0.25) is 5.91 Å². The van der Waals surface area contributed by atoms with Crippen LogP contribution in [0, 0.1) is 12.8 Å². The number of aromatic nitrogens is 3. The number of fused-ring (bicyclic) bond motifs is 1. The second kappa shape index (κ2) is 3.38. The summed E-state index contributed by atoms with van der Waals surface area (Å²) in [5, 5.41) is 7.99. The van der Waals surface area contributed by atoms with E-state index < -0.39 is 0 Å². The van der Waals surface area contributed by atoms with Crippen molar-refractivity contribution < 1.29 is 4.79 Å². The summed E-state index contributed by atoms with van der Waals surface area (Å²) < 4.78 is 1.98. The molecule has 3 N–H and O–H groups in total. The maximum Gasteiger partial charge on any atom is 0.238 e. The molecule has 0 fully saturated rings. The van der Waals surface area contributed by atoms with Crippen molar-refractivity contribution >= 4 is 5.91 Å². The van der Waals surface area contributed by atoms with E-state index in [4.69, 9.17) is 5.84 Å². The van der Waals surface area contributed by atoms with Crippen LogP contribution in [-0.2, 0) is 17.8 Å². The Morgan fingerprint density at radius 3 is 3.14 bits per heavy atom. The van der Waals surface area contributed by atoms with Gasteiger partial charge in [-0.1, -0.05) is 0 Å². The van der Waals surface area contributed by atoms with Crippen LogP contribution in [0.5, 0.6) is 0 Å². The summed E-state index contributed by atoms with van der Waals surface area (Å²) >= 11 is 0. The summed E-state index contributed by atoms with van der Waals surface area (Å²) in [6, 6.07) is 0. The zero-order valence-electron chi connectivity index (χ0n) is 8.03. The lowest BCUT2D eigenvalue weighted by Gasteiger charge is -2.22. The second-order valence-corrected chi connectivity index (χ2v) is 3.52. The Bertz CT molecular complexity index is 359. The van der Waals surface area contributed by atoms with E-state index >= 15 is 0 Å². The van der Waals surface area contributed by atoms with Gasteiger partial charge in [0.15, 0.2) is 0 Å². The lowest BCUT2D eigenvalue weighted by molar-refractivity contribution is -0.126. The number of hydrogen-bond acceptors (Lipinski definition) is 4. The number of carbonyl (C=O) groups excluding carboxylic acids is 1. The predicted molar refractivity (Wildman–Crippen MR) is 48.9 cm³/mol. The minimum Gasteiger partial charge on any atom is -0.314 e. The summed E-state index contributed by atoms with van der Waals surface area (Å²) in [5.74, 6) is 6.75. The first-order valence-corrected chi connectivity index (χ1v) is 4.61. The monoisotopic (exact) mass is 195 g/mol. The van der Waals surface area contributed by atoms with Crippen molar-refractivity contribution in [2.24, 2.45) is 11.8 Å². The van der Waals surface area contributed by atoms with Crippen molar-refractivity contribution in [2.75, 3.05) is 0 Å². The minimum absolute atomic E-state index is 0.0535. The average Bonchev–Trinajstić information content (AvgIpc) is 2.59. The lowest BCUT2D eigenvalue weighted by atomic mass is 9.99. The molecule has 14 heavy (non-hydrogen) atoms. The fraction of sp³-hybridized carbons (Fsp3) is 0.625. The molecule has 0 aliphatic carbocycles. The zero-order valence-corrected chi connectivity index (χ0v) is 8.03. The van der Waals surface area contributed by atoms with Gasteiger partial charge >= 0.3 is 0 Å². The van der Waals surface area contributed by atoms with Crippen LogP contribution >= 0.6 is 0 Å². The highest BCUT2D eigenvalue weighted by Crippen LogP contribution is 2.19. The molecule has 0 saturated carbocycles. The highest BCUT2D eigenvalue weighted by atomic mass is 16.2. The molecule has 0 bridgehead atoms. The number of amides is 1. The summed E-state index contributed by atoms with van der Waals surface area (Å²) in [7, 11) is 0. The van der Waals surface area contributed by atoms with E-state index in [1.54, 1.807) is 0 Å². The summed E-state index contributed by atoms with van der Waals surface area (Å²) in [5.41, 5.74) is 2.18. The van der Waals surface area contributed by atoms with Gasteiger partial charge in [-0.2, -0.15) is 0 Å². The first kappa shape index (κ1) is 9.14. The summed E-state index contributed by atoms with van der Waals surface area (Å²) in [6.07, 6.45) is 1.58. The van der Waals surface area contributed by atoms with Crippen LogP contribution < -0.4 is 11.3 Å². The van der Waals surface area contributed by atoms with E-state index in [-0.39, 0.29) is 11.8 Å². The molecular formula is C8H13N5O. The van der Waals surface area contributed by atoms with Crippen LogP contribution in [0.3, 0.4) is 0 Å². The van der Waals surface area contributed by atoms with Crippen LogP contribution in [0.1, 0.15) is 18.1 Å². The van der Waals surface area contributed by atoms with E-state index in [9.17, 15) is 4.79 Å². The Labute approximate surface area is 81.5 Å². The number of hydrogen-bond donors (Lipinski definition) is 2. The Kier molecular flexibility index (Phi) is 2.20. The third kappa shape index (κ3) is 1.37. The predicted octanol–water partition coefficient (Wildman–Crippen LogP) is -0.861. The minimum atomic E-state index is -0.108. The number of aryl methyl sites for hydroxylation is 2. The highest BCUT2D eigenvalue weighted by Gasteiger charge is 2.25. The van der Waals surface area contributed by atoms with Crippen molar-refractivity contribution in [1.82, 2.24) is 20.2 Å². The van der Waals surface area contributed by atoms with E-state index in [0.717, 1.165) is 24.5 Å². The van der Waals surface area contributed by atoms with Crippen molar-refractivity contribution in [2.45, 2.75) is 26.3 Å². The SMILES string of the molecule is Cc1nnc2n1C[C@H](C(=O)NN)CC2. The highest BCUT2D eigenvalue weighted by molar-refractivity contribution is 5.78. The maximum absolute atomic E-state index is 11.3. The Morgan fingerprint density at radius 1 is 1.64 bits per heavy atom. The average molecular weight is 195 g/mol. The Morgan fingerprint density at radius 2 is 2.43 bits per heavy atom. The molecule has 2 heterocycles. The number of carbonyl (C=O) groups is 1. The van der Waals surface area contributed by atoms with Crippen LogP contribution in [0.15, 0.2) is 0 Å².